The normalized spacial score (nSPS) is 22.4. The van der Waals surface area contributed by atoms with Crippen molar-refractivity contribution in [2.24, 2.45) is 0 Å². The summed E-state index contributed by atoms with van der Waals surface area (Å²) >= 11 is 13.7. The molecule has 3 nitrogen and oxygen atoms in total. The quantitative estimate of drug-likeness (QED) is 0.875. The molecule has 1 aromatic rings. The van der Waals surface area contributed by atoms with Gasteiger partial charge < -0.3 is 10.2 Å². The van der Waals surface area contributed by atoms with Gasteiger partial charge in [-0.3, -0.25) is 4.79 Å². The Morgan fingerprint density at radius 2 is 2.05 bits per heavy atom. The number of rotatable bonds is 5. The first-order valence-electron chi connectivity index (χ1n) is 7.04. The third-order valence-corrected chi connectivity index (χ3v) is 5.51. The lowest BCUT2D eigenvalue weighted by molar-refractivity contribution is -0.129. The fourth-order valence-corrected chi connectivity index (χ4v) is 3.90. The Morgan fingerprint density at radius 1 is 1.33 bits per heavy atom. The Bertz CT molecular complexity index is 524. The van der Waals surface area contributed by atoms with Gasteiger partial charge in [0, 0.05) is 19.1 Å². The van der Waals surface area contributed by atoms with Gasteiger partial charge >= 0.3 is 0 Å². The molecule has 0 spiro atoms. The zero-order valence-electron chi connectivity index (χ0n) is 12.4. The smallest absolute Gasteiger partial charge is 0.236 e. The highest BCUT2D eigenvalue weighted by atomic mass is 35.5. The third-order valence-electron chi connectivity index (χ3n) is 3.38. The number of halogens is 2. The summed E-state index contributed by atoms with van der Waals surface area (Å²) in [4.78, 5) is 14.3. The fourth-order valence-electron chi connectivity index (χ4n) is 2.30. The molecule has 2 rings (SSSR count). The van der Waals surface area contributed by atoms with Gasteiger partial charge in [0.2, 0.25) is 5.91 Å². The molecule has 1 aromatic carbocycles. The van der Waals surface area contributed by atoms with Gasteiger partial charge in [0.25, 0.3) is 0 Å². The molecule has 0 saturated carbocycles. The predicted molar refractivity (Wildman–Crippen MR) is 91.1 cm³/mol. The Hall–Kier alpha value is -0.420. The number of benzene rings is 1. The molecule has 1 heterocycles. The monoisotopic (exact) mass is 346 g/mol. The van der Waals surface area contributed by atoms with Crippen LogP contribution in [0.2, 0.25) is 10.0 Å². The van der Waals surface area contributed by atoms with E-state index < -0.39 is 0 Å². The first-order chi connectivity index (χ1) is 9.90. The van der Waals surface area contributed by atoms with E-state index in [0.717, 1.165) is 12.1 Å². The fraction of sp³-hybridized carbons (Fsp3) is 0.533. The van der Waals surface area contributed by atoms with E-state index in [1.54, 1.807) is 17.8 Å². The van der Waals surface area contributed by atoms with Crippen LogP contribution >= 0.6 is 35.0 Å². The summed E-state index contributed by atoms with van der Waals surface area (Å²) in [5, 5.41) is 4.40. The van der Waals surface area contributed by atoms with E-state index in [1.807, 2.05) is 24.0 Å². The van der Waals surface area contributed by atoms with E-state index in [0.29, 0.717) is 22.6 Å². The molecule has 21 heavy (non-hydrogen) atoms. The number of hydrogen-bond donors (Lipinski definition) is 1. The van der Waals surface area contributed by atoms with Crippen LogP contribution in [0.3, 0.4) is 0 Å². The Labute approximate surface area is 140 Å². The number of nitrogens with one attached hydrogen (secondary N) is 1. The summed E-state index contributed by atoms with van der Waals surface area (Å²) in [6.07, 6.45) is 0. The second kappa shape index (κ2) is 7.23. The lowest BCUT2D eigenvalue weighted by atomic mass is 10.2. The lowest BCUT2D eigenvalue weighted by Crippen LogP contribution is -2.38. The van der Waals surface area contributed by atoms with Crippen LogP contribution < -0.4 is 5.32 Å². The molecule has 1 aliphatic rings. The van der Waals surface area contributed by atoms with Crippen LogP contribution in [0.5, 0.6) is 0 Å². The molecule has 116 valence electrons. The topological polar surface area (TPSA) is 32.3 Å². The van der Waals surface area contributed by atoms with Crippen LogP contribution in [-0.4, -0.2) is 35.2 Å². The van der Waals surface area contributed by atoms with Gasteiger partial charge in [-0.2, -0.15) is 0 Å². The maximum atomic E-state index is 12.3. The number of thioether (sulfide) groups is 1. The minimum Gasteiger partial charge on any atom is -0.324 e. The van der Waals surface area contributed by atoms with Crippen LogP contribution in [0.15, 0.2) is 18.2 Å². The van der Waals surface area contributed by atoms with Crippen LogP contribution in [0.1, 0.15) is 31.7 Å². The molecule has 0 aliphatic carbocycles. The van der Waals surface area contributed by atoms with E-state index in [1.165, 1.54) is 0 Å². The molecule has 6 heteroatoms. The van der Waals surface area contributed by atoms with Gasteiger partial charge in [-0.1, -0.05) is 43.1 Å². The van der Waals surface area contributed by atoms with E-state index in [2.05, 4.69) is 19.2 Å². The molecule has 1 amide bonds. The highest BCUT2D eigenvalue weighted by Gasteiger charge is 2.38. The molecule has 0 bridgehead atoms. The standard InChI is InChI=1S/C15H20Cl2N2OS/c1-9(2)18-6-7-19-14(20)10(3)21-15(19)11-4-5-12(16)13(17)8-11/h4-5,8-10,15,18H,6-7H2,1-3H3/t10-,15+/m1/s1. The molecule has 1 saturated heterocycles. The number of carbonyl (C=O) groups excluding carboxylic acids is 1. The highest BCUT2D eigenvalue weighted by molar-refractivity contribution is 8.01. The SMILES string of the molecule is CC(C)NCCN1C(=O)[C@@H](C)S[C@H]1c1ccc(Cl)c(Cl)c1. The van der Waals surface area contributed by atoms with Crippen molar-refractivity contribution in [3.05, 3.63) is 33.8 Å². The summed E-state index contributed by atoms with van der Waals surface area (Å²) in [5.74, 6) is 0.182. The Kier molecular flexibility index (Phi) is 5.83. The Balaban J connectivity index is 2.15. The first-order valence-corrected chi connectivity index (χ1v) is 8.74. The number of hydrogen-bond acceptors (Lipinski definition) is 3. The van der Waals surface area contributed by atoms with Crippen LogP contribution in [0.25, 0.3) is 0 Å². The van der Waals surface area contributed by atoms with Crippen molar-refractivity contribution in [1.29, 1.82) is 0 Å². The van der Waals surface area contributed by atoms with Gasteiger partial charge in [-0.25, -0.2) is 0 Å². The minimum atomic E-state index is -0.0245. The van der Waals surface area contributed by atoms with Crippen molar-refractivity contribution in [2.45, 2.75) is 37.4 Å². The maximum absolute atomic E-state index is 12.3. The van der Waals surface area contributed by atoms with Crippen molar-refractivity contribution in [3.8, 4) is 0 Å². The molecule has 0 aromatic heterocycles. The molecule has 1 fully saturated rings. The van der Waals surface area contributed by atoms with Crippen LogP contribution in [0.4, 0.5) is 0 Å². The largest absolute Gasteiger partial charge is 0.324 e. The zero-order chi connectivity index (χ0) is 15.6. The van der Waals surface area contributed by atoms with E-state index in [-0.39, 0.29) is 16.5 Å². The summed E-state index contributed by atoms with van der Waals surface area (Å²) in [7, 11) is 0. The summed E-state index contributed by atoms with van der Waals surface area (Å²) in [6, 6.07) is 6.00. The average Bonchev–Trinajstić information content (AvgIpc) is 2.70. The van der Waals surface area contributed by atoms with Gasteiger partial charge in [0.1, 0.15) is 5.37 Å². The number of amides is 1. The van der Waals surface area contributed by atoms with Crippen molar-refractivity contribution < 1.29 is 4.79 Å². The molecule has 1 aliphatic heterocycles. The van der Waals surface area contributed by atoms with Gasteiger partial charge in [0.15, 0.2) is 0 Å². The van der Waals surface area contributed by atoms with Crippen molar-refractivity contribution >= 4 is 40.9 Å². The summed E-state index contributed by atoms with van der Waals surface area (Å²) in [6.45, 7) is 7.63. The maximum Gasteiger partial charge on any atom is 0.236 e. The Morgan fingerprint density at radius 3 is 2.67 bits per heavy atom. The van der Waals surface area contributed by atoms with E-state index >= 15 is 0 Å². The average molecular weight is 347 g/mol. The minimum absolute atomic E-state index is 0.0104. The van der Waals surface area contributed by atoms with Crippen molar-refractivity contribution in [1.82, 2.24) is 10.2 Å². The lowest BCUT2D eigenvalue weighted by Gasteiger charge is -2.25. The first kappa shape index (κ1) is 16.9. The summed E-state index contributed by atoms with van der Waals surface area (Å²) in [5.41, 5.74) is 1.02. The zero-order valence-corrected chi connectivity index (χ0v) is 14.7. The molecule has 0 radical (unpaired) electrons. The highest BCUT2D eigenvalue weighted by Crippen LogP contribution is 2.43. The summed E-state index contributed by atoms with van der Waals surface area (Å²) < 4.78 is 0. The van der Waals surface area contributed by atoms with E-state index in [9.17, 15) is 4.79 Å². The van der Waals surface area contributed by atoms with Crippen LogP contribution in [0, 0.1) is 0 Å². The van der Waals surface area contributed by atoms with Crippen LogP contribution in [-0.2, 0) is 4.79 Å². The second-order valence-electron chi connectivity index (χ2n) is 5.44. The van der Waals surface area contributed by atoms with Gasteiger partial charge in [0.05, 0.1) is 15.3 Å². The number of carbonyl (C=O) groups is 1. The molecular weight excluding hydrogens is 327 g/mol. The van der Waals surface area contributed by atoms with Crippen molar-refractivity contribution in [3.63, 3.8) is 0 Å². The number of nitrogens with zero attached hydrogens (tertiary/aromatic N) is 1. The molecule has 2 atom stereocenters. The van der Waals surface area contributed by atoms with Crippen molar-refractivity contribution in [2.75, 3.05) is 13.1 Å². The van der Waals surface area contributed by atoms with Gasteiger partial charge in [-0.15, -0.1) is 11.8 Å². The predicted octanol–water partition coefficient (Wildman–Crippen LogP) is 3.95. The van der Waals surface area contributed by atoms with Gasteiger partial charge in [-0.05, 0) is 24.6 Å². The molecule has 1 N–H and O–H groups in total. The second-order valence-corrected chi connectivity index (χ2v) is 7.68. The molecule has 0 unspecified atom stereocenters. The van der Waals surface area contributed by atoms with E-state index in [4.69, 9.17) is 23.2 Å². The third kappa shape index (κ3) is 4.07. The molecular formula is C15H20Cl2N2OS.